The van der Waals surface area contributed by atoms with Gasteiger partial charge in [-0.25, -0.2) is 4.39 Å². The summed E-state index contributed by atoms with van der Waals surface area (Å²) in [7, 11) is 3.39. The van der Waals surface area contributed by atoms with E-state index in [1.54, 1.807) is 37.2 Å². The van der Waals surface area contributed by atoms with E-state index in [9.17, 15) is 14.0 Å². The van der Waals surface area contributed by atoms with Gasteiger partial charge in [0.15, 0.2) is 0 Å². The molecule has 1 atom stereocenters. The minimum atomic E-state index is -0.606. The molecule has 3 N–H and O–H groups in total. The van der Waals surface area contributed by atoms with Crippen LogP contribution in [-0.4, -0.2) is 35.2 Å². The number of anilines is 1. The molecule has 1 heterocycles. The van der Waals surface area contributed by atoms with Gasteiger partial charge in [0.2, 0.25) is 11.8 Å². The lowest BCUT2D eigenvalue weighted by Crippen LogP contribution is -2.39. The van der Waals surface area contributed by atoms with Crippen LogP contribution in [0.2, 0.25) is 0 Å². The van der Waals surface area contributed by atoms with Crippen molar-refractivity contribution in [3.05, 3.63) is 48.0 Å². The van der Waals surface area contributed by atoms with Crippen molar-refractivity contribution in [2.75, 3.05) is 18.9 Å². The fourth-order valence-electron chi connectivity index (χ4n) is 2.08. The lowest BCUT2D eigenvalue weighted by molar-refractivity contribution is -0.125. The first-order chi connectivity index (χ1) is 11.0. The SMILES string of the molecule is CNC(C(=O)NCC(=O)Nc1cccc(F)c1)c1cnn(C)c1. The van der Waals surface area contributed by atoms with E-state index < -0.39 is 17.8 Å². The van der Waals surface area contributed by atoms with Gasteiger partial charge in [0.1, 0.15) is 11.9 Å². The van der Waals surface area contributed by atoms with Crippen LogP contribution in [0.4, 0.5) is 10.1 Å². The highest BCUT2D eigenvalue weighted by Gasteiger charge is 2.20. The van der Waals surface area contributed by atoms with Crippen molar-refractivity contribution in [1.29, 1.82) is 0 Å². The molecule has 2 rings (SSSR count). The Balaban J connectivity index is 1.88. The topological polar surface area (TPSA) is 88.1 Å². The van der Waals surface area contributed by atoms with Gasteiger partial charge in [0.25, 0.3) is 0 Å². The average Bonchev–Trinajstić information content (AvgIpc) is 2.92. The van der Waals surface area contributed by atoms with Crippen LogP contribution < -0.4 is 16.0 Å². The Morgan fingerprint density at radius 2 is 2.17 bits per heavy atom. The maximum Gasteiger partial charge on any atom is 0.243 e. The zero-order valence-electron chi connectivity index (χ0n) is 12.8. The number of likely N-dealkylation sites (N-methyl/N-ethyl adjacent to an activating group) is 1. The van der Waals surface area contributed by atoms with E-state index in [1.807, 2.05) is 0 Å². The number of aryl methyl sites for hydroxylation is 1. The van der Waals surface area contributed by atoms with E-state index in [0.717, 1.165) is 0 Å². The van der Waals surface area contributed by atoms with Crippen LogP contribution in [-0.2, 0) is 16.6 Å². The summed E-state index contributed by atoms with van der Waals surface area (Å²) in [6.07, 6.45) is 3.29. The Kier molecular flexibility index (Phi) is 5.42. The summed E-state index contributed by atoms with van der Waals surface area (Å²) in [5, 5.41) is 11.9. The molecule has 0 spiro atoms. The summed E-state index contributed by atoms with van der Waals surface area (Å²) < 4.78 is 14.6. The van der Waals surface area contributed by atoms with E-state index in [2.05, 4.69) is 21.0 Å². The molecular weight excluding hydrogens is 301 g/mol. The van der Waals surface area contributed by atoms with Crippen LogP contribution in [0.15, 0.2) is 36.7 Å². The minimum absolute atomic E-state index is 0.214. The molecule has 0 aliphatic heterocycles. The smallest absolute Gasteiger partial charge is 0.243 e. The lowest BCUT2D eigenvalue weighted by Gasteiger charge is -2.14. The molecule has 1 aromatic heterocycles. The van der Waals surface area contributed by atoms with Crippen molar-refractivity contribution in [1.82, 2.24) is 20.4 Å². The number of nitrogens with one attached hydrogen (secondary N) is 3. The Morgan fingerprint density at radius 3 is 2.78 bits per heavy atom. The summed E-state index contributed by atoms with van der Waals surface area (Å²) in [6.45, 7) is -0.214. The van der Waals surface area contributed by atoms with Crippen molar-refractivity contribution >= 4 is 17.5 Å². The van der Waals surface area contributed by atoms with Crippen LogP contribution >= 0.6 is 0 Å². The van der Waals surface area contributed by atoms with Crippen molar-refractivity contribution in [2.45, 2.75) is 6.04 Å². The van der Waals surface area contributed by atoms with Gasteiger partial charge in [-0.2, -0.15) is 5.10 Å². The summed E-state index contributed by atoms with van der Waals surface area (Å²) in [5.74, 6) is -1.24. The largest absolute Gasteiger partial charge is 0.345 e. The molecule has 23 heavy (non-hydrogen) atoms. The number of hydrogen-bond acceptors (Lipinski definition) is 4. The molecule has 7 nitrogen and oxygen atoms in total. The lowest BCUT2D eigenvalue weighted by atomic mass is 10.1. The van der Waals surface area contributed by atoms with Gasteiger partial charge >= 0.3 is 0 Å². The van der Waals surface area contributed by atoms with Crippen molar-refractivity contribution in [3.8, 4) is 0 Å². The molecule has 8 heteroatoms. The van der Waals surface area contributed by atoms with Gasteiger partial charge in [-0.05, 0) is 25.2 Å². The van der Waals surface area contributed by atoms with Crippen molar-refractivity contribution < 1.29 is 14.0 Å². The Labute approximate surface area is 132 Å². The first-order valence-corrected chi connectivity index (χ1v) is 6.98. The second kappa shape index (κ2) is 7.50. The van der Waals surface area contributed by atoms with Crippen LogP contribution in [0.25, 0.3) is 0 Å². The van der Waals surface area contributed by atoms with Gasteiger partial charge in [0, 0.05) is 24.5 Å². The van der Waals surface area contributed by atoms with Gasteiger partial charge in [0.05, 0.1) is 12.7 Å². The third kappa shape index (κ3) is 4.62. The first-order valence-electron chi connectivity index (χ1n) is 6.98. The molecule has 2 aromatic rings. The molecule has 0 radical (unpaired) electrons. The Bertz CT molecular complexity index is 701. The molecule has 2 amide bonds. The number of rotatable bonds is 6. The van der Waals surface area contributed by atoms with E-state index in [1.165, 1.54) is 18.2 Å². The zero-order valence-corrected chi connectivity index (χ0v) is 12.8. The van der Waals surface area contributed by atoms with E-state index in [0.29, 0.717) is 11.3 Å². The molecule has 0 bridgehead atoms. The number of hydrogen-bond donors (Lipinski definition) is 3. The molecule has 1 unspecified atom stereocenters. The molecule has 1 aromatic carbocycles. The first kappa shape index (κ1) is 16.6. The Morgan fingerprint density at radius 1 is 1.39 bits per heavy atom. The third-order valence-corrected chi connectivity index (χ3v) is 3.14. The fraction of sp³-hybridized carbons (Fsp3) is 0.267. The van der Waals surface area contributed by atoms with Crippen LogP contribution in [0.5, 0.6) is 0 Å². The molecule has 0 saturated heterocycles. The third-order valence-electron chi connectivity index (χ3n) is 3.14. The molecular formula is C15H18FN5O2. The minimum Gasteiger partial charge on any atom is -0.345 e. The average molecular weight is 319 g/mol. The quantitative estimate of drug-likeness (QED) is 0.726. The van der Waals surface area contributed by atoms with E-state index in [4.69, 9.17) is 0 Å². The molecule has 0 aliphatic rings. The Hall–Kier alpha value is -2.74. The highest BCUT2D eigenvalue weighted by Crippen LogP contribution is 2.11. The highest BCUT2D eigenvalue weighted by atomic mass is 19.1. The van der Waals surface area contributed by atoms with Gasteiger partial charge in [-0.15, -0.1) is 0 Å². The summed E-state index contributed by atoms with van der Waals surface area (Å²) in [4.78, 5) is 23.9. The number of amides is 2. The second-order valence-electron chi connectivity index (χ2n) is 4.95. The molecule has 0 aliphatic carbocycles. The van der Waals surface area contributed by atoms with Crippen LogP contribution in [0.1, 0.15) is 11.6 Å². The number of carbonyl (C=O) groups excluding carboxylic acids is 2. The van der Waals surface area contributed by atoms with Gasteiger partial charge < -0.3 is 16.0 Å². The number of carbonyl (C=O) groups is 2. The predicted molar refractivity (Wildman–Crippen MR) is 83.0 cm³/mol. The van der Waals surface area contributed by atoms with Crippen molar-refractivity contribution in [3.63, 3.8) is 0 Å². The molecule has 0 saturated carbocycles. The van der Waals surface area contributed by atoms with E-state index in [-0.39, 0.29) is 12.5 Å². The maximum absolute atomic E-state index is 13.0. The maximum atomic E-state index is 13.0. The van der Waals surface area contributed by atoms with Crippen LogP contribution in [0, 0.1) is 5.82 Å². The van der Waals surface area contributed by atoms with Crippen molar-refractivity contribution in [2.24, 2.45) is 7.05 Å². The predicted octanol–water partition coefficient (Wildman–Crippen LogP) is 0.575. The summed E-state index contributed by atoms with van der Waals surface area (Å²) in [6, 6.07) is 4.93. The zero-order chi connectivity index (χ0) is 16.8. The fourth-order valence-corrected chi connectivity index (χ4v) is 2.08. The van der Waals surface area contributed by atoms with E-state index >= 15 is 0 Å². The normalized spacial score (nSPS) is 11.8. The second-order valence-corrected chi connectivity index (χ2v) is 4.95. The number of nitrogens with zero attached hydrogens (tertiary/aromatic N) is 2. The molecule has 122 valence electrons. The van der Waals surface area contributed by atoms with Crippen LogP contribution in [0.3, 0.4) is 0 Å². The summed E-state index contributed by atoms with van der Waals surface area (Å²) >= 11 is 0. The number of benzene rings is 1. The summed E-state index contributed by atoms with van der Waals surface area (Å²) in [5.41, 5.74) is 1.03. The standard InChI is InChI=1S/C15H18FN5O2/c1-17-14(10-7-19-21(2)9-10)15(23)18-8-13(22)20-12-5-3-4-11(16)6-12/h3-7,9,14,17H,8H2,1-2H3,(H,18,23)(H,20,22). The number of aromatic nitrogens is 2. The monoisotopic (exact) mass is 319 g/mol. The van der Waals surface area contributed by atoms with Gasteiger partial charge in [-0.3, -0.25) is 14.3 Å². The highest BCUT2D eigenvalue weighted by molar-refractivity contribution is 5.95. The molecule has 0 fully saturated rings. The number of halogens is 1. The van der Waals surface area contributed by atoms with Gasteiger partial charge in [-0.1, -0.05) is 6.07 Å².